The summed E-state index contributed by atoms with van der Waals surface area (Å²) in [6.07, 6.45) is 1.40. The zero-order valence-corrected chi connectivity index (χ0v) is 17.2. The minimum absolute atomic E-state index is 0.0303. The first-order valence-electron chi connectivity index (χ1n) is 7.61. The molecule has 1 aliphatic rings. The number of rotatable bonds is 4. The van der Waals surface area contributed by atoms with Crippen LogP contribution >= 0.6 is 23.1 Å². The number of benzene rings is 1. The van der Waals surface area contributed by atoms with E-state index in [1.807, 2.05) is 0 Å². The van der Waals surface area contributed by atoms with Crippen molar-refractivity contribution in [2.75, 3.05) is 14.2 Å². The summed E-state index contributed by atoms with van der Waals surface area (Å²) < 4.78 is 37.7. The molecule has 28 heavy (non-hydrogen) atoms. The number of carbonyl (C=O) groups is 2. The summed E-state index contributed by atoms with van der Waals surface area (Å²) in [5, 5.41) is 20.6. The molecule has 1 aromatic carbocycles. The van der Waals surface area contributed by atoms with Crippen molar-refractivity contribution >= 4 is 61.3 Å². The van der Waals surface area contributed by atoms with Crippen molar-refractivity contribution in [3.8, 4) is 5.75 Å². The first-order chi connectivity index (χ1) is 13.2. The van der Waals surface area contributed by atoms with Crippen LogP contribution in [0, 0.1) is 0 Å². The average molecular weight is 446 g/mol. The van der Waals surface area contributed by atoms with Gasteiger partial charge in [-0.2, -0.15) is 8.42 Å². The van der Waals surface area contributed by atoms with E-state index in [1.54, 1.807) is 6.92 Å². The number of fused-ring (bicyclic) bond motifs is 3. The van der Waals surface area contributed by atoms with Gasteiger partial charge in [0.25, 0.3) is 0 Å². The quantitative estimate of drug-likeness (QED) is 0.410. The predicted octanol–water partition coefficient (Wildman–Crippen LogP) is 2.62. The molecule has 9 nitrogen and oxygen atoms in total. The molecule has 3 rings (SSSR count). The lowest BCUT2D eigenvalue weighted by Crippen LogP contribution is -2.18. The fraction of sp³-hybridized carbons (Fsp3) is 0.250. The van der Waals surface area contributed by atoms with Crippen LogP contribution in [-0.4, -0.2) is 50.2 Å². The average Bonchev–Trinajstić information content (AvgIpc) is 3.12. The van der Waals surface area contributed by atoms with E-state index in [-0.39, 0.29) is 31.7 Å². The summed E-state index contributed by atoms with van der Waals surface area (Å²) in [5.74, 6) is -1.99. The molecule has 0 fully saturated rings. The van der Waals surface area contributed by atoms with Gasteiger partial charge in [0, 0.05) is 20.9 Å². The number of hydrogen-bond acceptors (Lipinski definition) is 11. The van der Waals surface area contributed by atoms with Gasteiger partial charge in [0.15, 0.2) is 10.6 Å². The van der Waals surface area contributed by atoms with Crippen LogP contribution in [0.2, 0.25) is 0 Å². The second-order valence-corrected chi connectivity index (χ2v) is 9.34. The van der Waals surface area contributed by atoms with E-state index in [9.17, 15) is 23.1 Å². The van der Waals surface area contributed by atoms with Crippen LogP contribution in [0.3, 0.4) is 0 Å². The van der Waals surface area contributed by atoms with Gasteiger partial charge in [0.05, 0.1) is 30.1 Å². The monoisotopic (exact) mass is 446 g/mol. The molecule has 2 N–H and O–H groups in total. The smallest absolute Gasteiger partial charge is 0.339 e. The van der Waals surface area contributed by atoms with Crippen LogP contribution in [-0.2, 0) is 28.7 Å². The van der Waals surface area contributed by atoms with Gasteiger partial charge in [-0.25, -0.2) is 14.8 Å². The van der Waals surface area contributed by atoms with Gasteiger partial charge in [-0.05, 0) is 18.6 Å². The van der Waals surface area contributed by atoms with E-state index >= 15 is 0 Å². The highest BCUT2D eigenvalue weighted by molar-refractivity contribution is 8.01. The highest BCUT2D eigenvalue weighted by Crippen LogP contribution is 2.51. The van der Waals surface area contributed by atoms with Crippen LogP contribution in [0.5, 0.6) is 5.75 Å². The third-order valence-corrected chi connectivity index (χ3v) is 7.63. The Hall–Kier alpha value is -2.12. The molecule has 2 heterocycles. The highest BCUT2D eigenvalue weighted by atomic mass is 32.2. The third-order valence-electron chi connectivity index (χ3n) is 4.15. The molecular weight excluding hydrogens is 432 g/mol. The summed E-state index contributed by atoms with van der Waals surface area (Å²) in [5.41, 5.74) is 0.536. The van der Waals surface area contributed by atoms with E-state index in [4.69, 9.17) is 14.7 Å². The molecule has 0 spiro atoms. The summed E-state index contributed by atoms with van der Waals surface area (Å²) in [6.45, 7) is 1.64. The molecule has 0 radical (unpaired) electrons. The van der Waals surface area contributed by atoms with Crippen molar-refractivity contribution in [1.82, 2.24) is 0 Å². The standard InChI is InChI=1S/C16H14O9S3/c1-6-7(15(18)23-2)4-8-10-9(16(19)24-3)5-26-13(10)11(17)14(12(8)27-6)28(21,22)25-20/h4-6,17,20H,1-3H3. The Morgan fingerprint density at radius 1 is 1.18 bits per heavy atom. The Morgan fingerprint density at radius 2 is 1.82 bits per heavy atom. The van der Waals surface area contributed by atoms with Crippen LogP contribution in [0.25, 0.3) is 16.2 Å². The van der Waals surface area contributed by atoms with Gasteiger partial charge in [-0.1, -0.05) is 0 Å². The maximum absolute atomic E-state index is 12.3. The van der Waals surface area contributed by atoms with E-state index in [1.165, 1.54) is 25.7 Å². The van der Waals surface area contributed by atoms with Crippen molar-refractivity contribution in [2.24, 2.45) is 0 Å². The molecule has 0 saturated heterocycles. The van der Waals surface area contributed by atoms with E-state index in [2.05, 4.69) is 4.33 Å². The molecule has 1 aliphatic heterocycles. The zero-order chi connectivity index (χ0) is 20.8. The molecule has 150 valence electrons. The van der Waals surface area contributed by atoms with Crippen LogP contribution in [0.4, 0.5) is 0 Å². The van der Waals surface area contributed by atoms with Gasteiger partial charge in [-0.15, -0.1) is 27.4 Å². The van der Waals surface area contributed by atoms with Gasteiger partial charge in [0.1, 0.15) is 0 Å². The Labute approximate surface area is 167 Å². The lowest BCUT2D eigenvalue weighted by Gasteiger charge is -2.24. The summed E-state index contributed by atoms with van der Waals surface area (Å²) in [4.78, 5) is 23.7. The summed E-state index contributed by atoms with van der Waals surface area (Å²) in [7, 11) is -2.32. The first-order valence-corrected chi connectivity index (χ1v) is 10.8. The van der Waals surface area contributed by atoms with E-state index in [0.717, 1.165) is 23.1 Å². The maximum Gasteiger partial charge on any atom is 0.339 e. The summed E-state index contributed by atoms with van der Waals surface area (Å²) in [6, 6.07) is 0. The number of esters is 2. The fourth-order valence-corrected chi connectivity index (χ4v) is 6.29. The lowest BCUT2D eigenvalue weighted by atomic mass is 10.0. The van der Waals surface area contributed by atoms with E-state index in [0.29, 0.717) is 0 Å². The second-order valence-electron chi connectivity index (χ2n) is 5.65. The number of aromatic hydroxyl groups is 1. The van der Waals surface area contributed by atoms with Crippen molar-refractivity contribution in [3.63, 3.8) is 0 Å². The van der Waals surface area contributed by atoms with Gasteiger partial charge in [0.2, 0.25) is 0 Å². The molecule has 0 amide bonds. The number of carbonyl (C=O) groups excluding carboxylic acids is 2. The number of methoxy groups -OCH3 is 2. The molecule has 1 unspecified atom stereocenters. The Kier molecular flexibility index (Phi) is 5.42. The minimum Gasteiger partial charge on any atom is -0.505 e. The second kappa shape index (κ2) is 7.37. The lowest BCUT2D eigenvalue weighted by molar-refractivity contribution is -0.136. The normalized spacial score (nSPS) is 16.4. The third kappa shape index (κ3) is 3.06. The largest absolute Gasteiger partial charge is 0.505 e. The van der Waals surface area contributed by atoms with Crippen molar-refractivity contribution in [3.05, 3.63) is 22.1 Å². The first kappa shape index (κ1) is 20.6. The molecule has 0 bridgehead atoms. The highest BCUT2D eigenvalue weighted by Gasteiger charge is 2.36. The van der Waals surface area contributed by atoms with Gasteiger partial charge in [-0.3, -0.25) is 0 Å². The molecular formula is C16H14O9S3. The minimum atomic E-state index is -4.72. The molecule has 1 aromatic heterocycles. The zero-order valence-electron chi connectivity index (χ0n) is 14.7. The van der Waals surface area contributed by atoms with Crippen molar-refractivity contribution < 1.29 is 42.2 Å². The van der Waals surface area contributed by atoms with Gasteiger partial charge < -0.3 is 14.6 Å². The molecule has 0 saturated carbocycles. The number of phenols is 1. The molecule has 1 atom stereocenters. The SMILES string of the molecule is COC(=O)C1=Cc2c(c(S(=O)(=O)OO)c(O)c3scc(C(=O)OC)c23)SC1C. The topological polar surface area (TPSA) is 136 Å². The Bertz CT molecular complexity index is 1130. The molecule has 0 aliphatic carbocycles. The van der Waals surface area contributed by atoms with Crippen molar-refractivity contribution in [2.45, 2.75) is 22.0 Å². The number of ether oxygens (including phenoxy) is 2. The van der Waals surface area contributed by atoms with Crippen LogP contribution in [0.1, 0.15) is 22.8 Å². The van der Waals surface area contributed by atoms with Crippen LogP contribution in [0.15, 0.2) is 20.7 Å². The Morgan fingerprint density at radius 3 is 2.39 bits per heavy atom. The Balaban J connectivity index is 2.52. The maximum atomic E-state index is 12.3. The number of hydrogen-bond donors (Lipinski definition) is 2. The number of thiophene rings is 1. The van der Waals surface area contributed by atoms with Crippen molar-refractivity contribution in [1.29, 1.82) is 0 Å². The number of phenolic OH excluding ortho intramolecular Hbond substituents is 1. The van der Waals surface area contributed by atoms with Crippen LogP contribution < -0.4 is 0 Å². The van der Waals surface area contributed by atoms with Gasteiger partial charge >= 0.3 is 22.1 Å². The molecule has 2 aromatic rings. The fourth-order valence-electron chi connectivity index (χ4n) is 2.89. The summed E-state index contributed by atoms with van der Waals surface area (Å²) >= 11 is 1.85. The predicted molar refractivity (Wildman–Crippen MR) is 101 cm³/mol. The number of thioether (sulfide) groups is 1. The van der Waals surface area contributed by atoms with E-state index < -0.39 is 38.0 Å². The molecule has 12 heteroatoms.